The average Bonchev–Trinajstić information content (AvgIpc) is 2.60. The minimum absolute atomic E-state index is 0.965. The van der Waals surface area contributed by atoms with Gasteiger partial charge in [0.25, 0.3) is 0 Å². The van der Waals surface area contributed by atoms with Gasteiger partial charge in [-0.15, -0.1) is 11.3 Å². The second-order valence-corrected chi connectivity index (χ2v) is 4.27. The minimum Gasteiger partial charge on any atom is -0.241 e. The molecular formula is C12H13NS. The third-order valence-corrected chi connectivity index (χ3v) is 3.09. The molecule has 0 amide bonds. The van der Waals surface area contributed by atoms with E-state index in [0.29, 0.717) is 0 Å². The highest BCUT2D eigenvalue weighted by Crippen LogP contribution is 2.21. The van der Waals surface area contributed by atoms with Gasteiger partial charge in [-0.05, 0) is 18.6 Å². The van der Waals surface area contributed by atoms with Gasteiger partial charge in [0, 0.05) is 6.42 Å². The van der Waals surface area contributed by atoms with Gasteiger partial charge in [-0.1, -0.05) is 31.2 Å². The van der Waals surface area contributed by atoms with Gasteiger partial charge in [0.05, 0.1) is 15.2 Å². The van der Waals surface area contributed by atoms with Crippen molar-refractivity contribution in [2.45, 2.75) is 19.8 Å². The Kier molecular flexibility index (Phi) is 2.94. The van der Waals surface area contributed by atoms with Gasteiger partial charge in [0.1, 0.15) is 0 Å². The maximum absolute atomic E-state index is 4.55. The average molecular weight is 203 g/mol. The van der Waals surface area contributed by atoms with E-state index in [-0.39, 0.29) is 0 Å². The number of hydrogen-bond acceptors (Lipinski definition) is 2. The zero-order valence-electron chi connectivity index (χ0n) is 8.23. The lowest BCUT2D eigenvalue weighted by Gasteiger charge is -1.84. The molecule has 1 heterocycles. The maximum atomic E-state index is 4.55. The number of thiazole rings is 1. The summed E-state index contributed by atoms with van der Waals surface area (Å²) in [5.41, 5.74) is 1.12. The van der Waals surface area contributed by atoms with E-state index in [1.165, 1.54) is 9.71 Å². The van der Waals surface area contributed by atoms with Gasteiger partial charge in [-0.25, -0.2) is 4.98 Å². The molecule has 0 bridgehead atoms. The standard InChI is InChI=1S/C12H13NS/c1-2-3-4-9-12-13-10-7-5-6-8-11(10)14-12/h3-8H,2,9H2,1H3/b4-3+. The zero-order valence-corrected chi connectivity index (χ0v) is 9.05. The first kappa shape index (κ1) is 9.41. The number of allylic oxidation sites excluding steroid dienone is 2. The van der Waals surface area contributed by atoms with Crippen molar-refractivity contribution < 1.29 is 0 Å². The highest BCUT2D eigenvalue weighted by molar-refractivity contribution is 7.18. The van der Waals surface area contributed by atoms with Crippen molar-refractivity contribution in [3.8, 4) is 0 Å². The number of nitrogens with zero attached hydrogens (tertiary/aromatic N) is 1. The van der Waals surface area contributed by atoms with E-state index in [1.807, 2.05) is 6.07 Å². The van der Waals surface area contributed by atoms with E-state index in [4.69, 9.17) is 0 Å². The molecule has 0 fully saturated rings. The summed E-state index contributed by atoms with van der Waals surface area (Å²) in [5.74, 6) is 0. The molecule has 1 aromatic carbocycles. The molecule has 0 aliphatic heterocycles. The molecule has 0 radical (unpaired) electrons. The van der Waals surface area contributed by atoms with Crippen LogP contribution in [0.3, 0.4) is 0 Å². The van der Waals surface area contributed by atoms with E-state index >= 15 is 0 Å². The van der Waals surface area contributed by atoms with Crippen LogP contribution < -0.4 is 0 Å². The van der Waals surface area contributed by atoms with Gasteiger partial charge in [-0.2, -0.15) is 0 Å². The molecule has 2 rings (SSSR count). The monoisotopic (exact) mass is 203 g/mol. The van der Waals surface area contributed by atoms with Crippen LogP contribution in [-0.2, 0) is 6.42 Å². The molecule has 0 N–H and O–H groups in total. The number of para-hydroxylation sites is 1. The Morgan fingerprint density at radius 1 is 1.29 bits per heavy atom. The highest BCUT2D eigenvalue weighted by atomic mass is 32.1. The fourth-order valence-electron chi connectivity index (χ4n) is 1.36. The van der Waals surface area contributed by atoms with Crippen LogP contribution in [0, 0.1) is 0 Å². The fraction of sp³-hybridized carbons (Fsp3) is 0.250. The van der Waals surface area contributed by atoms with Crippen molar-refractivity contribution in [1.82, 2.24) is 4.98 Å². The SMILES string of the molecule is CC/C=C/Cc1nc2ccccc2s1. The Bertz CT molecular complexity index is 409. The molecule has 0 spiro atoms. The van der Waals surface area contributed by atoms with E-state index < -0.39 is 0 Å². The van der Waals surface area contributed by atoms with Gasteiger partial charge < -0.3 is 0 Å². The highest BCUT2D eigenvalue weighted by Gasteiger charge is 1.99. The molecule has 1 nitrogen and oxygen atoms in total. The summed E-state index contributed by atoms with van der Waals surface area (Å²) >= 11 is 1.79. The molecule has 1 aromatic heterocycles. The lowest BCUT2D eigenvalue weighted by Crippen LogP contribution is -1.76. The van der Waals surface area contributed by atoms with Crippen LogP contribution in [0.15, 0.2) is 36.4 Å². The summed E-state index contributed by atoms with van der Waals surface area (Å²) in [6.45, 7) is 2.15. The van der Waals surface area contributed by atoms with Crippen molar-refractivity contribution in [2.75, 3.05) is 0 Å². The second kappa shape index (κ2) is 4.38. The fourth-order valence-corrected chi connectivity index (χ4v) is 2.30. The van der Waals surface area contributed by atoms with Crippen LogP contribution >= 0.6 is 11.3 Å². The Hall–Kier alpha value is -1.15. The first-order valence-electron chi connectivity index (χ1n) is 4.89. The Morgan fingerprint density at radius 2 is 2.14 bits per heavy atom. The van der Waals surface area contributed by atoms with Crippen LogP contribution in [0.25, 0.3) is 10.2 Å². The lowest BCUT2D eigenvalue weighted by molar-refractivity contribution is 1.16. The lowest BCUT2D eigenvalue weighted by atomic mass is 10.3. The van der Waals surface area contributed by atoms with E-state index in [0.717, 1.165) is 18.4 Å². The van der Waals surface area contributed by atoms with Crippen LogP contribution in [-0.4, -0.2) is 4.98 Å². The van der Waals surface area contributed by atoms with Gasteiger partial charge in [0.15, 0.2) is 0 Å². The zero-order chi connectivity index (χ0) is 9.80. The summed E-state index contributed by atoms with van der Waals surface area (Å²) in [4.78, 5) is 4.55. The summed E-state index contributed by atoms with van der Waals surface area (Å²) < 4.78 is 1.28. The Balaban J connectivity index is 2.23. The van der Waals surface area contributed by atoms with Crippen molar-refractivity contribution in [2.24, 2.45) is 0 Å². The van der Waals surface area contributed by atoms with Crippen molar-refractivity contribution in [3.63, 3.8) is 0 Å². The van der Waals surface area contributed by atoms with Crippen LogP contribution in [0.4, 0.5) is 0 Å². The maximum Gasteiger partial charge on any atom is 0.0976 e. The minimum atomic E-state index is 0.965. The van der Waals surface area contributed by atoms with Crippen LogP contribution in [0.2, 0.25) is 0 Å². The molecule has 2 aromatic rings. The molecule has 2 heteroatoms. The molecule has 0 saturated heterocycles. The van der Waals surface area contributed by atoms with Crippen molar-refractivity contribution in [3.05, 3.63) is 41.4 Å². The van der Waals surface area contributed by atoms with Crippen molar-refractivity contribution in [1.29, 1.82) is 0 Å². The third kappa shape index (κ3) is 2.02. The summed E-state index contributed by atoms with van der Waals surface area (Å²) in [6, 6.07) is 8.29. The van der Waals surface area contributed by atoms with Crippen LogP contribution in [0.5, 0.6) is 0 Å². The van der Waals surface area contributed by atoms with Gasteiger partial charge >= 0.3 is 0 Å². The van der Waals surface area contributed by atoms with E-state index in [2.05, 4.69) is 42.3 Å². The molecule has 0 aliphatic carbocycles. The number of benzene rings is 1. The van der Waals surface area contributed by atoms with Crippen LogP contribution in [0.1, 0.15) is 18.4 Å². The molecule has 72 valence electrons. The molecular weight excluding hydrogens is 190 g/mol. The summed E-state index contributed by atoms with van der Waals surface area (Å²) in [7, 11) is 0. The number of rotatable bonds is 3. The smallest absolute Gasteiger partial charge is 0.0976 e. The normalized spacial score (nSPS) is 11.5. The molecule has 0 atom stereocenters. The third-order valence-electron chi connectivity index (χ3n) is 2.03. The number of hydrogen-bond donors (Lipinski definition) is 0. The second-order valence-electron chi connectivity index (χ2n) is 3.16. The Labute approximate surface area is 88.1 Å². The molecule has 0 unspecified atom stereocenters. The van der Waals surface area contributed by atoms with Crippen molar-refractivity contribution >= 4 is 21.6 Å². The quantitative estimate of drug-likeness (QED) is 0.691. The predicted molar refractivity (Wildman–Crippen MR) is 62.8 cm³/mol. The van der Waals surface area contributed by atoms with E-state index in [9.17, 15) is 0 Å². The molecule has 0 saturated carbocycles. The van der Waals surface area contributed by atoms with E-state index in [1.54, 1.807) is 11.3 Å². The number of aromatic nitrogens is 1. The molecule has 0 aliphatic rings. The Morgan fingerprint density at radius 3 is 2.93 bits per heavy atom. The van der Waals surface area contributed by atoms with Gasteiger partial charge in [0.2, 0.25) is 0 Å². The summed E-state index contributed by atoms with van der Waals surface area (Å²) in [6.07, 6.45) is 6.45. The first-order valence-corrected chi connectivity index (χ1v) is 5.71. The number of fused-ring (bicyclic) bond motifs is 1. The van der Waals surface area contributed by atoms with Gasteiger partial charge in [-0.3, -0.25) is 0 Å². The largest absolute Gasteiger partial charge is 0.241 e. The molecule has 14 heavy (non-hydrogen) atoms. The predicted octanol–water partition coefficient (Wildman–Crippen LogP) is 3.81. The topological polar surface area (TPSA) is 12.9 Å². The summed E-state index contributed by atoms with van der Waals surface area (Å²) in [5, 5.41) is 1.20. The first-order chi connectivity index (χ1) is 6.90.